The molecule has 1 aliphatic rings. The van der Waals surface area contributed by atoms with Gasteiger partial charge in [0.1, 0.15) is 5.60 Å². The van der Waals surface area contributed by atoms with Crippen LogP contribution < -0.4 is 10.2 Å². The highest BCUT2D eigenvalue weighted by molar-refractivity contribution is 5.53. The van der Waals surface area contributed by atoms with Crippen molar-refractivity contribution in [3.63, 3.8) is 0 Å². The van der Waals surface area contributed by atoms with Crippen molar-refractivity contribution in [2.24, 2.45) is 0 Å². The molecule has 0 amide bonds. The molecule has 0 heterocycles. The SMILES string of the molecule is C[C@H](NC[C@@]1(O)CCc2ccccc21)c1ccccc1N(C)C. The van der Waals surface area contributed by atoms with E-state index >= 15 is 0 Å². The average Bonchev–Trinajstić information content (AvgIpc) is 2.91. The normalized spacial score (nSPS) is 21.0. The lowest BCUT2D eigenvalue weighted by molar-refractivity contribution is 0.0363. The zero-order valence-corrected chi connectivity index (χ0v) is 14.2. The number of aryl methyl sites for hydroxylation is 1. The molecule has 0 aliphatic heterocycles. The molecule has 2 N–H and O–H groups in total. The van der Waals surface area contributed by atoms with Gasteiger partial charge in [-0.15, -0.1) is 0 Å². The molecule has 3 heteroatoms. The van der Waals surface area contributed by atoms with E-state index < -0.39 is 5.60 Å². The van der Waals surface area contributed by atoms with Crippen molar-refractivity contribution in [1.82, 2.24) is 5.32 Å². The van der Waals surface area contributed by atoms with E-state index in [-0.39, 0.29) is 6.04 Å². The number of nitrogens with one attached hydrogen (secondary N) is 1. The van der Waals surface area contributed by atoms with Crippen molar-refractivity contribution in [2.75, 3.05) is 25.5 Å². The van der Waals surface area contributed by atoms with Gasteiger partial charge in [0.15, 0.2) is 0 Å². The van der Waals surface area contributed by atoms with Crippen molar-refractivity contribution in [3.05, 3.63) is 65.2 Å². The van der Waals surface area contributed by atoms with Crippen LogP contribution in [0, 0.1) is 0 Å². The molecule has 0 unspecified atom stereocenters. The van der Waals surface area contributed by atoms with Gasteiger partial charge in [-0.3, -0.25) is 0 Å². The first-order valence-corrected chi connectivity index (χ1v) is 8.32. The molecule has 23 heavy (non-hydrogen) atoms. The number of rotatable bonds is 5. The summed E-state index contributed by atoms with van der Waals surface area (Å²) in [4.78, 5) is 2.13. The predicted molar refractivity (Wildman–Crippen MR) is 95.8 cm³/mol. The molecule has 3 nitrogen and oxygen atoms in total. The Bertz CT molecular complexity index is 683. The largest absolute Gasteiger partial charge is 0.384 e. The van der Waals surface area contributed by atoms with Gasteiger partial charge < -0.3 is 15.3 Å². The van der Waals surface area contributed by atoms with Crippen LogP contribution >= 0.6 is 0 Å². The molecule has 2 aromatic carbocycles. The second kappa shape index (κ2) is 6.34. The Morgan fingerprint density at radius 2 is 1.83 bits per heavy atom. The standard InChI is InChI=1S/C20H26N2O/c1-15(17-9-5-7-11-19(17)22(2)3)21-14-20(23)13-12-16-8-4-6-10-18(16)20/h4-11,15,21,23H,12-14H2,1-3H3/t15-,20-/m0/s1. The summed E-state index contributed by atoms with van der Waals surface area (Å²) in [5.74, 6) is 0. The zero-order valence-electron chi connectivity index (χ0n) is 14.2. The molecule has 1 aliphatic carbocycles. The van der Waals surface area contributed by atoms with Crippen molar-refractivity contribution >= 4 is 5.69 Å². The molecule has 2 atom stereocenters. The minimum Gasteiger partial charge on any atom is -0.384 e. The second-order valence-electron chi connectivity index (χ2n) is 6.74. The van der Waals surface area contributed by atoms with Gasteiger partial charge in [0.25, 0.3) is 0 Å². The minimum atomic E-state index is -0.752. The topological polar surface area (TPSA) is 35.5 Å². The first-order valence-electron chi connectivity index (χ1n) is 8.32. The fourth-order valence-corrected chi connectivity index (χ4v) is 3.54. The lowest BCUT2D eigenvalue weighted by Crippen LogP contribution is -2.37. The molecule has 0 fully saturated rings. The van der Waals surface area contributed by atoms with E-state index in [1.165, 1.54) is 16.8 Å². The van der Waals surface area contributed by atoms with Crippen molar-refractivity contribution in [3.8, 4) is 0 Å². The number of nitrogens with zero attached hydrogens (tertiary/aromatic N) is 1. The quantitative estimate of drug-likeness (QED) is 0.890. The summed E-state index contributed by atoms with van der Waals surface area (Å²) in [7, 11) is 4.12. The molecule has 0 bridgehead atoms. The third-order valence-corrected chi connectivity index (χ3v) is 4.91. The van der Waals surface area contributed by atoms with Crippen LogP contribution in [0.25, 0.3) is 0 Å². The molecular weight excluding hydrogens is 284 g/mol. The van der Waals surface area contributed by atoms with E-state index in [2.05, 4.69) is 67.6 Å². The van der Waals surface area contributed by atoms with E-state index in [9.17, 15) is 5.11 Å². The molecule has 0 aromatic heterocycles. The lowest BCUT2D eigenvalue weighted by atomic mass is 9.95. The van der Waals surface area contributed by atoms with E-state index in [0.717, 1.165) is 18.4 Å². The Balaban J connectivity index is 1.74. The summed E-state index contributed by atoms with van der Waals surface area (Å²) in [6, 6.07) is 16.8. The van der Waals surface area contributed by atoms with Gasteiger partial charge in [-0.25, -0.2) is 0 Å². The fraction of sp³-hybridized carbons (Fsp3) is 0.400. The van der Waals surface area contributed by atoms with Crippen LogP contribution in [0.15, 0.2) is 48.5 Å². The number of fused-ring (bicyclic) bond motifs is 1. The van der Waals surface area contributed by atoms with E-state index in [0.29, 0.717) is 6.54 Å². The molecule has 2 aromatic rings. The lowest BCUT2D eigenvalue weighted by Gasteiger charge is -2.28. The third kappa shape index (κ3) is 3.12. The summed E-state index contributed by atoms with van der Waals surface area (Å²) in [6.45, 7) is 2.74. The highest BCUT2D eigenvalue weighted by Crippen LogP contribution is 2.36. The molecule has 0 saturated heterocycles. The number of anilines is 1. The highest BCUT2D eigenvalue weighted by atomic mass is 16.3. The maximum atomic E-state index is 11.0. The monoisotopic (exact) mass is 310 g/mol. The van der Waals surface area contributed by atoms with Crippen LogP contribution in [-0.4, -0.2) is 25.7 Å². The van der Waals surface area contributed by atoms with Gasteiger partial charge in [-0.05, 0) is 42.5 Å². The molecule has 0 spiro atoms. The van der Waals surface area contributed by atoms with Gasteiger partial charge in [-0.1, -0.05) is 42.5 Å². The molecule has 3 rings (SSSR count). The molecule has 0 saturated carbocycles. The van der Waals surface area contributed by atoms with E-state index in [4.69, 9.17) is 0 Å². The third-order valence-electron chi connectivity index (χ3n) is 4.91. The smallest absolute Gasteiger partial charge is 0.103 e. The van der Waals surface area contributed by atoms with Crippen LogP contribution in [0.3, 0.4) is 0 Å². The van der Waals surface area contributed by atoms with Crippen LogP contribution in [0.4, 0.5) is 5.69 Å². The summed E-state index contributed by atoms with van der Waals surface area (Å²) in [5.41, 5.74) is 4.08. The van der Waals surface area contributed by atoms with Gasteiger partial charge in [0.05, 0.1) is 0 Å². The summed E-state index contributed by atoms with van der Waals surface area (Å²) in [5, 5.41) is 14.6. The summed E-state index contributed by atoms with van der Waals surface area (Å²) >= 11 is 0. The van der Waals surface area contributed by atoms with Crippen LogP contribution in [-0.2, 0) is 12.0 Å². The van der Waals surface area contributed by atoms with Gasteiger partial charge in [0.2, 0.25) is 0 Å². The Morgan fingerprint density at radius 3 is 2.61 bits per heavy atom. The second-order valence-corrected chi connectivity index (χ2v) is 6.74. The summed E-state index contributed by atoms with van der Waals surface area (Å²) in [6.07, 6.45) is 1.75. The number of benzene rings is 2. The maximum absolute atomic E-state index is 11.0. The van der Waals surface area contributed by atoms with E-state index in [1.807, 2.05) is 12.1 Å². The van der Waals surface area contributed by atoms with Crippen LogP contribution in [0.2, 0.25) is 0 Å². The Labute approximate surface area is 139 Å². The first-order chi connectivity index (χ1) is 11.0. The van der Waals surface area contributed by atoms with Gasteiger partial charge in [0, 0.05) is 32.4 Å². The highest BCUT2D eigenvalue weighted by Gasteiger charge is 2.36. The Morgan fingerprint density at radius 1 is 1.13 bits per heavy atom. The number of aliphatic hydroxyl groups is 1. The average molecular weight is 310 g/mol. The predicted octanol–water partition coefficient (Wildman–Crippen LogP) is 3.24. The molecule has 0 radical (unpaired) electrons. The fourth-order valence-electron chi connectivity index (χ4n) is 3.54. The Kier molecular flexibility index (Phi) is 4.42. The minimum absolute atomic E-state index is 0.186. The zero-order chi connectivity index (χ0) is 16.4. The summed E-state index contributed by atoms with van der Waals surface area (Å²) < 4.78 is 0. The number of hydrogen-bond donors (Lipinski definition) is 2. The van der Waals surface area contributed by atoms with Gasteiger partial charge >= 0.3 is 0 Å². The number of hydrogen-bond acceptors (Lipinski definition) is 3. The van der Waals surface area contributed by atoms with Crippen LogP contribution in [0.1, 0.15) is 36.1 Å². The van der Waals surface area contributed by atoms with Crippen molar-refractivity contribution < 1.29 is 5.11 Å². The number of para-hydroxylation sites is 1. The van der Waals surface area contributed by atoms with Crippen molar-refractivity contribution in [1.29, 1.82) is 0 Å². The first kappa shape index (κ1) is 16.0. The molecule has 122 valence electrons. The molecular formula is C20H26N2O. The van der Waals surface area contributed by atoms with Gasteiger partial charge in [-0.2, -0.15) is 0 Å². The van der Waals surface area contributed by atoms with Crippen molar-refractivity contribution in [2.45, 2.75) is 31.4 Å². The Hall–Kier alpha value is -1.84. The maximum Gasteiger partial charge on any atom is 0.103 e. The van der Waals surface area contributed by atoms with Crippen LogP contribution in [0.5, 0.6) is 0 Å². The van der Waals surface area contributed by atoms with E-state index in [1.54, 1.807) is 0 Å².